The van der Waals surface area contributed by atoms with E-state index in [9.17, 15) is 19.7 Å². The molecule has 2 aromatic rings. The zero-order valence-electron chi connectivity index (χ0n) is 10.9. The largest absolute Gasteiger partial charge is 0.369 e. The molecular weight excluding hydrogens is 332 g/mol. The van der Waals surface area contributed by atoms with Gasteiger partial charge in [0.2, 0.25) is 5.91 Å². The van der Waals surface area contributed by atoms with Crippen LogP contribution in [0.4, 0.5) is 10.8 Å². The molecular formula is C12H9ClN4O4S. The zero-order valence-corrected chi connectivity index (χ0v) is 12.5. The number of nitro benzene ring substituents is 1. The SMILES string of the molecule is NC(=O)Cc1csc(NC(=O)c2ccc(Cl)cc2[N+](=O)[O-])n1. The average molecular weight is 341 g/mol. The molecule has 0 saturated carbocycles. The van der Waals surface area contributed by atoms with Crippen LogP contribution >= 0.6 is 22.9 Å². The van der Waals surface area contributed by atoms with E-state index in [1.807, 2.05) is 0 Å². The van der Waals surface area contributed by atoms with Gasteiger partial charge in [0.25, 0.3) is 11.6 Å². The number of nitrogens with two attached hydrogens (primary N) is 1. The number of hydrogen-bond acceptors (Lipinski definition) is 6. The highest BCUT2D eigenvalue weighted by Crippen LogP contribution is 2.25. The third kappa shape index (κ3) is 3.77. The van der Waals surface area contributed by atoms with Crippen molar-refractivity contribution in [3.05, 3.63) is 50.0 Å². The number of aromatic nitrogens is 1. The predicted octanol–water partition coefficient (Wildman–Crippen LogP) is 1.98. The molecule has 0 aliphatic rings. The van der Waals surface area contributed by atoms with Gasteiger partial charge in [0.15, 0.2) is 5.13 Å². The Kier molecular flexibility index (Phi) is 4.68. The number of thiazole rings is 1. The van der Waals surface area contributed by atoms with Crippen LogP contribution < -0.4 is 11.1 Å². The van der Waals surface area contributed by atoms with Gasteiger partial charge < -0.3 is 5.73 Å². The third-order valence-electron chi connectivity index (χ3n) is 2.53. The fourth-order valence-corrected chi connectivity index (χ4v) is 2.51. The number of halogens is 1. The number of nitrogens with one attached hydrogen (secondary N) is 1. The maximum absolute atomic E-state index is 12.1. The van der Waals surface area contributed by atoms with Gasteiger partial charge in [0.05, 0.1) is 17.0 Å². The van der Waals surface area contributed by atoms with Gasteiger partial charge in [0, 0.05) is 16.5 Å². The summed E-state index contributed by atoms with van der Waals surface area (Å²) in [7, 11) is 0. The summed E-state index contributed by atoms with van der Waals surface area (Å²) in [6.45, 7) is 0. The maximum Gasteiger partial charge on any atom is 0.283 e. The molecule has 0 unspecified atom stereocenters. The molecule has 0 atom stereocenters. The molecule has 0 radical (unpaired) electrons. The summed E-state index contributed by atoms with van der Waals surface area (Å²) in [6, 6.07) is 3.73. The van der Waals surface area contributed by atoms with Gasteiger partial charge in [-0.05, 0) is 12.1 Å². The van der Waals surface area contributed by atoms with Crippen molar-refractivity contribution in [3.8, 4) is 0 Å². The van der Waals surface area contributed by atoms with Gasteiger partial charge in [-0.1, -0.05) is 11.6 Å². The Labute approximate surface area is 133 Å². The number of nitrogens with zero attached hydrogens (tertiary/aromatic N) is 2. The van der Waals surface area contributed by atoms with Crippen LogP contribution in [0.3, 0.4) is 0 Å². The molecule has 3 N–H and O–H groups in total. The molecule has 0 spiro atoms. The molecule has 2 amide bonds. The standard InChI is InChI=1S/C12H9ClN4O4S/c13-6-1-2-8(9(3-6)17(20)21)11(19)16-12-15-7(5-22-12)4-10(14)18/h1-3,5H,4H2,(H2,14,18)(H,15,16,19). The van der Waals surface area contributed by atoms with E-state index < -0.39 is 22.4 Å². The lowest BCUT2D eigenvalue weighted by molar-refractivity contribution is -0.385. The first-order valence-corrected chi connectivity index (χ1v) is 7.10. The number of benzene rings is 1. The number of carbonyl (C=O) groups excluding carboxylic acids is 2. The van der Waals surface area contributed by atoms with Crippen LogP contribution in [-0.2, 0) is 11.2 Å². The van der Waals surface area contributed by atoms with Crippen molar-refractivity contribution in [2.45, 2.75) is 6.42 Å². The Hall–Kier alpha value is -2.52. The van der Waals surface area contributed by atoms with Crippen molar-refractivity contribution in [2.75, 3.05) is 5.32 Å². The molecule has 114 valence electrons. The van der Waals surface area contributed by atoms with Crippen LogP contribution in [0.15, 0.2) is 23.6 Å². The molecule has 2 rings (SSSR count). The number of primary amides is 1. The number of anilines is 1. The second-order valence-electron chi connectivity index (χ2n) is 4.16. The monoisotopic (exact) mass is 340 g/mol. The molecule has 0 aliphatic heterocycles. The van der Waals surface area contributed by atoms with Crippen LogP contribution in [0.1, 0.15) is 16.1 Å². The van der Waals surface area contributed by atoms with E-state index in [0.717, 1.165) is 17.4 Å². The minimum Gasteiger partial charge on any atom is -0.369 e. The lowest BCUT2D eigenvalue weighted by atomic mass is 10.1. The second kappa shape index (κ2) is 6.50. The second-order valence-corrected chi connectivity index (χ2v) is 5.45. The quantitative estimate of drug-likeness (QED) is 0.635. The van der Waals surface area contributed by atoms with E-state index in [0.29, 0.717) is 5.69 Å². The van der Waals surface area contributed by atoms with Gasteiger partial charge >= 0.3 is 0 Å². The Morgan fingerprint density at radius 1 is 1.45 bits per heavy atom. The van der Waals surface area contributed by atoms with Crippen LogP contribution in [0, 0.1) is 10.1 Å². The topological polar surface area (TPSA) is 128 Å². The first-order valence-electron chi connectivity index (χ1n) is 5.85. The van der Waals surface area contributed by atoms with Gasteiger partial charge in [-0.25, -0.2) is 4.98 Å². The number of carbonyl (C=O) groups is 2. The molecule has 22 heavy (non-hydrogen) atoms. The van der Waals surface area contributed by atoms with Gasteiger partial charge in [-0.3, -0.25) is 25.0 Å². The summed E-state index contributed by atoms with van der Waals surface area (Å²) < 4.78 is 0. The van der Waals surface area contributed by atoms with E-state index in [1.54, 1.807) is 5.38 Å². The molecule has 8 nitrogen and oxygen atoms in total. The average Bonchev–Trinajstić information content (AvgIpc) is 2.84. The van der Waals surface area contributed by atoms with Crippen molar-refractivity contribution in [2.24, 2.45) is 5.73 Å². The van der Waals surface area contributed by atoms with Gasteiger partial charge in [-0.15, -0.1) is 11.3 Å². The number of nitro groups is 1. The van der Waals surface area contributed by atoms with E-state index in [4.69, 9.17) is 17.3 Å². The van der Waals surface area contributed by atoms with Crippen LogP contribution in [0.2, 0.25) is 5.02 Å². The molecule has 10 heteroatoms. The van der Waals surface area contributed by atoms with E-state index in [1.165, 1.54) is 12.1 Å². The van der Waals surface area contributed by atoms with E-state index >= 15 is 0 Å². The van der Waals surface area contributed by atoms with E-state index in [-0.39, 0.29) is 22.1 Å². The van der Waals surface area contributed by atoms with Crippen LogP contribution in [0.25, 0.3) is 0 Å². The molecule has 0 aliphatic carbocycles. The highest BCUT2D eigenvalue weighted by atomic mass is 35.5. The molecule has 0 saturated heterocycles. The van der Waals surface area contributed by atoms with Crippen LogP contribution in [0.5, 0.6) is 0 Å². The summed E-state index contributed by atoms with van der Waals surface area (Å²) in [5, 5.41) is 15.3. The summed E-state index contributed by atoms with van der Waals surface area (Å²) in [6.07, 6.45) is -0.0482. The highest BCUT2D eigenvalue weighted by molar-refractivity contribution is 7.14. The van der Waals surface area contributed by atoms with Crippen molar-refractivity contribution in [3.63, 3.8) is 0 Å². The first kappa shape index (κ1) is 15.9. The lowest BCUT2D eigenvalue weighted by Crippen LogP contribution is -2.15. The number of rotatable bonds is 5. The molecule has 1 heterocycles. The van der Waals surface area contributed by atoms with Crippen LogP contribution in [-0.4, -0.2) is 21.7 Å². The van der Waals surface area contributed by atoms with Crippen molar-refractivity contribution in [1.82, 2.24) is 4.98 Å². The molecule has 0 fully saturated rings. The molecule has 0 bridgehead atoms. The predicted molar refractivity (Wildman–Crippen MR) is 81.1 cm³/mol. The fourth-order valence-electron chi connectivity index (χ4n) is 1.64. The summed E-state index contributed by atoms with van der Waals surface area (Å²) in [4.78, 5) is 37.1. The maximum atomic E-state index is 12.1. The number of hydrogen-bond donors (Lipinski definition) is 2. The summed E-state index contributed by atoms with van der Waals surface area (Å²) in [5.74, 6) is -1.24. The van der Waals surface area contributed by atoms with Crippen molar-refractivity contribution >= 4 is 45.6 Å². The zero-order chi connectivity index (χ0) is 16.3. The summed E-state index contributed by atoms with van der Waals surface area (Å²) >= 11 is 6.77. The smallest absolute Gasteiger partial charge is 0.283 e. The first-order chi connectivity index (χ1) is 10.4. The van der Waals surface area contributed by atoms with Gasteiger partial charge in [0.1, 0.15) is 5.56 Å². The highest BCUT2D eigenvalue weighted by Gasteiger charge is 2.21. The van der Waals surface area contributed by atoms with Crippen molar-refractivity contribution < 1.29 is 14.5 Å². The van der Waals surface area contributed by atoms with Crippen molar-refractivity contribution in [1.29, 1.82) is 0 Å². The summed E-state index contributed by atoms with van der Waals surface area (Å²) in [5.41, 5.74) is 4.92. The third-order valence-corrected chi connectivity index (χ3v) is 3.57. The van der Waals surface area contributed by atoms with Gasteiger partial charge in [-0.2, -0.15) is 0 Å². The normalized spacial score (nSPS) is 10.2. The lowest BCUT2D eigenvalue weighted by Gasteiger charge is -2.03. The molecule has 1 aromatic carbocycles. The Balaban J connectivity index is 2.21. The minimum absolute atomic E-state index is 0.0482. The Morgan fingerprint density at radius 3 is 2.82 bits per heavy atom. The Morgan fingerprint density at radius 2 is 2.18 bits per heavy atom. The minimum atomic E-state index is -0.693. The number of amides is 2. The fraction of sp³-hybridized carbons (Fsp3) is 0.0833. The Bertz CT molecular complexity index is 761. The van der Waals surface area contributed by atoms with E-state index in [2.05, 4.69) is 10.3 Å². The molecule has 1 aromatic heterocycles.